The largest absolute Gasteiger partial charge is 0.361 e. The van der Waals surface area contributed by atoms with E-state index in [0.29, 0.717) is 6.54 Å². The summed E-state index contributed by atoms with van der Waals surface area (Å²) in [6.07, 6.45) is 5.19. The van der Waals surface area contributed by atoms with Crippen molar-refractivity contribution in [3.05, 3.63) is 34.2 Å². The fourth-order valence-electron chi connectivity index (χ4n) is 4.75. The van der Waals surface area contributed by atoms with Crippen molar-refractivity contribution in [1.29, 1.82) is 0 Å². The number of likely N-dealkylation sites (tertiary alicyclic amines) is 1. The Morgan fingerprint density at radius 2 is 2.11 bits per heavy atom. The van der Waals surface area contributed by atoms with Crippen LogP contribution in [-0.4, -0.2) is 58.0 Å². The van der Waals surface area contributed by atoms with E-state index in [4.69, 9.17) is 9.51 Å². The topological polar surface area (TPSA) is 78.3 Å². The molecule has 0 radical (unpaired) electrons. The SMILES string of the molecule is CCc1nc([C@H]2CN(C)C[C@@H]2C(=O)N(C)Cc2noc3c2CCCC3)c(C)[nH]1. The Bertz CT molecular complexity index is 855. The van der Waals surface area contributed by atoms with Crippen molar-refractivity contribution in [3.63, 3.8) is 0 Å². The van der Waals surface area contributed by atoms with Crippen LogP contribution in [0, 0.1) is 12.8 Å². The van der Waals surface area contributed by atoms with Gasteiger partial charge in [-0.15, -0.1) is 0 Å². The average molecular weight is 386 g/mol. The maximum atomic E-state index is 13.4. The fraction of sp³-hybridized carbons (Fsp3) is 0.667. The van der Waals surface area contributed by atoms with Gasteiger partial charge in [-0.3, -0.25) is 4.79 Å². The van der Waals surface area contributed by atoms with Crippen LogP contribution in [0.4, 0.5) is 0 Å². The third kappa shape index (κ3) is 3.48. The van der Waals surface area contributed by atoms with Crippen LogP contribution in [0.1, 0.15) is 59.9 Å². The summed E-state index contributed by atoms with van der Waals surface area (Å²) < 4.78 is 5.52. The van der Waals surface area contributed by atoms with Crippen molar-refractivity contribution in [2.24, 2.45) is 5.92 Å². The minimum absolute atomic E-state index is 0.0792. The summed E-state index contributed by atoms with van der Waals surface area (Å²) >= 11 is 0. The molecule has 4 rings (SSSR count). The molecule has 2 atom stereocenters. The van der Waals surface area contributed by atoms with Crippen molar-refractivity contribution in [3.8, 4) is 0 Å². The van der Waals surface area contributed by atoms with Crippen LogP contribution in [-0.2, 0) is 30.6 Å². The molecule has 152 valence electrons. The van der Waals surface area contributed by atoms with E-state index in [1.54, 1.807) is 0 Å². The number of rotatable bonds is 5. The van der Waals surface area contributed by atoms with Gasteiger partial charge in [-0.1, -0.05) is 12.1 Å². The van der Waals surface area contributed by atoms with Crippen molar-refractivity contribution < 1.29 is 9.32 Å². The molecule has 2 aliphatic rings. The third-order valence-corrected chi connectivity index (χ3v) is 6.27. The Hall–Kier alpha value is -2.15. The summed E-state index contributed by atoms with van der Waals surface area (Å²) in [5.41, 5.74) is 4.29. The first-order valence-corrected chi connectivity index (χ1v) is 10.4. The molecule has 1 fully saturated rings. The molecule has 1 saturated heterocycles. The van der Waals surface area contributed by atoms with E-state index in [0.717, 1.165) is 67.4 Å². The quantitative estimate of drug-likeness (QED) is 0.855. The Kier molecular flexibility index (Phi) is 5.27. The van der Waals surface area contributed by atoms with E-state index in [-0.39, 0.29) is 17.7 Å². The van der Waals surface area contributed by atoms with Gasteiger partial charge in [0.2, 0.25) is 5.91 Å². The lowest BCUT2D eigenvalue weighted by atomic mass is 9.90. The van der Waals surface area contributed by atoms with Crippen LogP contribution in [0.2, 0.25) is 0 Å². The number of aromatic nitrogens is 3. The first-order valence-electron chi connectivity index (χ1n) is 10.4. The van der Waals surface area contributed by atoms with E-state index in [2.05, 4.69) is 35.9 Å². The molecule has 0 unspecified atom stereocenters. The molecular formula is C21H31N5O2. The zero-order chi connectivity index (χ0) is 19.8. The Morgan fingerprint density at radius 1 is 1.32 bits per heavy atom. The smallest absolute Gasteiger partial charge is 0.227 e. The Balaban J connectivity index is 1.52. The second kappa shape index (κ2) is 7.70. The zero-order valence-corrected chi connectivity index (χ0v) is 17.4. The van der Waals surface area contributed by atoms with Crippen molar-refractivity contribution >= 4 is 5.91 Å². The highest BCUT2D eigenvalue weighted by Crippen LogP contribution is 2.34. The summed E-state index contributed by atoms with van der Waals surface area (Å²) in [4.78, 5) is 25.6. The summed E-state index contributed by atoms with van der Waals surface area (Å²) in [6, 6.07) is 0. The second-order valence-electron chi connectivity index (χ2n) is 8.41. The number of carbonyl (C=O) groups excluding carboxylic acids is 1. The molecule has 7 heteroatoms. The molecular weight excluding hydrogens is 354 g/mol. The Morgan fingerprint density at radius 3 is 2.86 bits per heavy atom. The number of nitrogens with one attached hydrogen (secondary N) is 1. The van der Waals surface area contributed by atoms with Crippen LogP contribution >= 0.6 is 0 Å². The van der Waals surface area contributed by atoms with E-state index < -0.39 is 0 Å². The van der Waals surface area contributed by atoms with Gasteiger partial charge in [0.25, 0.3) is 0 Å². The molecule has 7 nitrogen and oxygen atoms in total. The van der Waals surface area contributed by atoms with Gasteiger partial charge >= 0.3 is 0 Å². The number of imidazole rings is 1. The molecule has 2 aromatic rings. The maximum Gasteiger partial charge on any atom is 0.227 e. The van der Waals surface area contributed by atoms with Crippen molar-refractivity contribution in [2.75, 3.05) is 27.2 Å². The van der Waals surface area contributed by atoms with Gasteiger partial charge in [-0.05, 0) is 33.2 Å². The number of hydrogen-bond donors (Lipinski definition) is 1. The Labute approximate surface area is 166 Å². The number of aromatic amines is 1. The van der Waals surface area contributed by atoms with Gasteiger partial charge in [-0.2, -0.15) is 0 Å². The van der Waals surface area contributed by atoms with Gasteiger partial charge in [0, 0.05) is 50.2 Å². The highest BCUT2D eigenvalue weighted by atomic mass is 16.5. The van der Waals surface area contributed by atoms with E-state index in [1.807, 2.05) is 11.9 Å². The van der Waals surface area contributed by atoms with E-state index in [9.17, 15) is 4.79 Å². The number of fused-ring (bicyclic) bond motifs is 1. The van der Waals surface area contributed by atoms with Crippen LogP contribution in [0.15, 0.2) is 4.52 Å². The molecule has 1 aliphatic carbocycles. The van der Waals surface area contributed by atoms with Crippen LogP contribution in [0.25, 0.3) is 0 Å². The average Bonchev–Trinajstić information content (AvgIpc) is 3.38. The zero-order valence-electron chi connectivity index (χ0n) is 17.4. The summed E-state index contributed by atoms with van der Waals surface area (Å²) in [5, 5.41) is 4.27. The van der Waals surface area contributed by atoms with E-state index in [1.165, 1.54) is 12.0 Å². The summed E-state index contributed by atoms with van der Waals surface area (Å²) in [6.45, 7) is 6.30. The number of hydrogen-bond acceptors (Lipinski definition) is 5. The van der Waals surface area contributed by atoms with Crippen molar-refractivity contribution in [1.82, 2.24) is 24.9 Å². The maximum absolute atomic E-state index is 13.4. The number of likely N-dealkylation sites (N-methyl/N-ethyl adjacent to an activating group) is 1. The number of aryl methyl sites for hydroxylation is 3. The molecule has 1 N–H and O–H groups in total. The molecule has 28 heavy (non-hydrogen) atoms. The molecule has 3 heterocycles. The second-order valence-corrected chi connectivity index (χ2v) is 8.41. The van der Waals surface area contributed by atoms with Crippen LogP contribution < -0.4 is 0 Å². The van der Waals surface area contributed by atoms with Crippen LogP contribution in [0.3, 0.4) is 0 Å². The van der Waals surface area contributed by atoms with Gasteiger partial charge < -0.3 is 19.3 Å². The molecule has 2 aromatic heterocycles. The molecule has 0 spiro atoms. The summed E-state index contributed by atoms with van der Waals surface area (Å²) in [7, 11) is 3.97. The normalized spacial score (nSPS) is 22.4. The molecule has 1 aliphatic heterocycles. The molecule has 0 aromatic carbocycles. The standard InChI is InChI=1S/C21H31N5O2/c1-5-19-22-13(2)20(23-19)15-10-25(3)11-16(15)21(27)26(4)12-17-14-8-6-7-9-18(14)28-24-17/h15-16H,5-12H2,1-4H3,(H,22,23)/t15-,16-/m0/s1. The lowest BCUT2D eigenvalue weighted by Crippen LogP contribution is -2.36. The number of amides is 1. The first kappa shape index (κ1) is 19.2. The first-order chi connectivity index (χ1) is 13.5. The molecule has 0 bridgehead atoms. The minimum Gasteiger partial charge on any atom is -0.361 e. The molecule has 1 amide bonds. The predicted octanol–water partition coefficient (Wildman–Crippen LogP) is 2.45. The number of carbonyl (C=O) groups is 1. The monoisotopic (exact) mass is 385 g/mol. The van der Waals surface area contributed by atoms with E-state index >= 15 is 0 Å². The van der Waals surface area contributed by atoms with Crippen molar-refractivity contribution in [2.45, 2.75) is 58.4 Å². The minimum atomic E-state index is -0.0792. The predicted molar refractivity (Wildman–Crippen MR) is 106 cm³/mol. The number of H-pyrrole nitrogens is 1. The van der Waals surface area contributed by atoms with Gasteiger partial charge in [-0.25, -0.2) is 4.98 Å². The lowest BCUT2D eigenvalue weighted by molar-refractivity contribution is -0.134. The van der Waals surface area contributed by atoms with Gasteiger partial charge in [0.15, 0.2) is 0 Å². The molecule has 0 saturated carbocycles. The summed E-state index contributed by atoms with van der Waals surface area (Å²) in [5.74, 6) is 2.23. The lowest BCUT2D eigenvalue weighted by Gasteiger charge is -2.24. The fourth-order valence-corrected chi connectivity index (χ4v) is 4.75. The highest BCUT2D eigenvalue weighted by molar-refractivity contribution is 5.80. The van der Waals surface area contributed by atoms with Gasteiger partial charge in [0.05, 0.1) is 18.2 Å². The number of nitrogens with zero attached hydrogens (tertiary/aromatic N) is 4. The van der Waals surface area contributed by atoms with Gasteiger partial charge in [0.1, 0.15) is 17.3 Å². The van der Waals surface area contributed by atoms with Crippen LogP contribution in [0.5, 0.6) is 0 Å². The highest BCUT2D eigenvalue weighted by Gasteiger charge is 2.40. The third-order valence-electron chi connectivity index (χ3n) is 6.27.